The molecule has 1 aliphatic rings. The third-order valence-corrected chi connectivity index (χ3v) is 6.92. The molecule has 1 aliphatic heterocycles. The number of carbonyl (C=O) groups is 2. The summed E-state index contributed by atoms with van der Waals surface area (Å²) in [7, 11) is 1.22. The maximum Gasteiger partial charge on any atom is 0.311 e. The van der Waals surface area contributed by atoms with Gasteiger partial charge in [-0.1, -0.05) is 24.3 Å². The van der Waals surface area contributed by atoms with Crippen LogP contribution in [0.5, 0.6) is 0 Å². The van der Waals surface area contributed by atoms with Crippen molar-refractivity contribution in [1.82, 2.24) is 24.5 Å². The number of halogens is 1. The van der Waals surface area contributed by atoms with E-state index in [1.807, 2.05) is 53.0 Å². The van der Waals surface area contributed by atoms with Gasteiger partial charge in [0.1, 0.15) is 11.7 Å². The summed E-state index contributed by atoms with van der Waals surface area (Å²) < 4.78 is 23.7. The number of nitriles is 1. The molecule has 194 valence electrons. The lowest BCUT2D eigenvalue weighted by molar-refractivity contribution is -0.139. The van der Waals surface area contributed by atoms with Crippen LogP contribution in [0.2, 0.25) is 0 Å². The molecule has 10 nitrogen and oxygen atoms in total. The number of nitrogens with two attached hydrogens (primary N) is 1. The van der Waals surface area contributed by atoms with Crippen LogP contribution in [0, 0.1) is 11.3 Å². The summed E-state index contributed by atoms with van der Waals surface area (Å²) in [5.41, 5.74) is 7.27. The summed E-state index contributed by atoms with van der Waals surface area (Å²) in [6.45, 7) is 3.99. The van der Waals surface area contributed by atoms with Crippen molar-refractivity contribution in [3.05, 3.63) is 59.5 Å². The first-order valence-corrected chi connectivity index (χ1v) is 12.1. The maximum absolute atomic E-state index is 15.8. The quantitative estimate of drug-likeness (QED) is 0.440. The second-order valence-corrected chi connectivity index (χ2v) is 9.20. The number of piperidine rings is 1. The van der Waals surface area contributed by atoms with Gasteiger partial charge in [-0.3, -0.25) is 23.9 Å². The molecule has 0 bridgehead atoms. The van der Waals surface area contributed by atoms with Crippen LogP contribution in [0.4, 0.5) is 4.39 Å². The number of hydrogen-bond acceptors (Lipinski definition) is 7. The molecule has 0 saturated carbocycles. The van der Waals surface area contributed by atoms with E-state index in [4.69, 9.17) is 5.73 Å². The minimum absolute atomic E-state index is 0.0150. The van der Waals surface area contributed by atoms with Crippen LogP contribution in [-0.4, -0.2) is 62.7 Å². The van der Waals surface area contributed by atoms with Crippen molar-refractivity contribution in [2.45, 2.75) is 51.0 Å². The number of likely N-dealkylation sites (tertiary alicyclic amines) is 1. The van der Waals surface area contributed by atoms with Gasteiger partial charge in [0.25, 0.3) is 5.91 Å². The van der Waals surface area contributed by atoms with Gasteiger partial charge in [-0.05, 0) is 25.0 Å². The molecule has 0 radical (unpaired) electrons. The molecular weight excluding hydrogens is 477 g/mol. The molecule has 37 heavy (non-hydrogen) atoms. The van der Waals surface area contributed by atoms with Gasteiger partial charge in [-0.2, -0.15) is 15.5 Å². The molecule has 0 spiro atoms. The van der Waals surface area contributed by atoms with Crippen molar-refractivity contribution in [2.75, 3.05) is 20.2 Å². The molecule has 2 unspecified atom stereocenters. The first kappa shape index (κ1) is 26.0. The lowest BCUT2D eigenvalue weighted by Gasteiger charge is -2.43. The molecule has 1 amide bonds. The van der Waals surface area contributed by atoms with Crippen LogP contribution in [0.1, 0.15) is 41.4 Å². The molecule has 2 N–H and O–H groups in total. The third kappa shape index (κ3) is 5.39. The minimum Gasteiger partial charge on any atom is -0.469 e. The highest BCUT2D eigenvalue weighted by molar-refractivity contribution is 5.94. The third-order valence-electron chi connectivity index (χ3n) is 6.92. The van der Waals surface area contributed by atoms with E-state index in [0.29, 0.717) is 19.5 Å². The number of carbonyl (C=O) groups excluding carboxylic acids is 2. The number of primary amides is 1. The van der Waals surface area contributed by atoms with Crippen molar-refractivity contribution in [2.24, 2.45) is 5.73 Å². The molecular formula is C26H30FN7O3. The van der Waals surface area contributed by atoms with E-state index in [0.717, 1.165) is 23.4 Å². The average molecular weight is 508 g/mol. The Labute approximate surface area is 214 Å². The molecule has 4 rings (SSSR count). The number of hydrogen-bond donors (Lipinski definition) is 1. The fraction of sp³-hybridized carbons (Fsp3) is 0.423. The van der Waals surface area contributed by atoms with Gasteiger partial charge in [-0.15, -0.1) is 0 Å². The van der Waals surface area contributed by atoms with Crippen LogP contribution in [-0.2, 0) is 34.6 Å². The predicted octanol–water partition coefficient (Wildman–Crippen LogP) is 2.43. The Morgan fingerprint density at radius 3 is 2.62 bits per heavy atom. The van der Waals surface area contributed by atoms with Gasteiger partial charge in [-0.25, -0.2) is 4.39 Å². The van der Waals surface area contributed by atoms with Gasteiger partial charge in [0.15, 0.2) is 0 Å². The summed E-state index contributed by atoms with van der Waals surface area (Å²) in [5.74, 6) is -1.38. The van der Waals surface area contributed by atoms with Crippen molar-refractivity contribution in [1.29, 1.82) is 5.26 Å². The summed E-state index contributed by atoms with van der Waals surface area (Å²) >= 11 is 0. The van der Waals surface area contributed by atoms with Crippen LogP contribution in [0.25, 0.3) is 11.3 Å². The standard InChI is InChI=1S/C26H30FN7O3/c1-3-33-12-8-21(30-33)19-6-4-18(5-7-19)15-32-13-10-26(9-11-28,23(27)17-32)34-16-20(25(29)36)22(31-34)14-24(35)37-2/h4-8,12,16,23H,3,9-10,13-15,17H2,1-2H3,(H2,29,36). The first-order valence-electron chi connectivity index (χ1n) is 12.1. The molecule has 3 heterocycles. The lowest BCUT2D eigenvalue weighted by Crippen LogP contribution is -2.54. The summed E-state index contributed by atoms with van der Waals surface area (Å²) in [6, 6.07) is 12.1. The highest BCUT2D eigenvalue weighted by Crippen LogP contribution is 2.36. The van der Waals surface area contributed by atoms with Gasteiger partial charge in [0, 0.05) is 44.1 Å². The normalized spacial score (nSPS) is 19.9. The number of benzene rings is 1. The fourth-order valence-corrected chi connectivity index (χ4v) is 4.73. The first-order chi connectivity index (χ1) is 17.8. The summed E-state index contributed by atoms with van der Waals surface area (Å²) in [6.07, 6.45) is 1.73. The van der Waals surface area contributed by atoms with E-state index in [1.54, 1.807) is 0 Å². The van der Waals surface area contributed by atoms with Gasteiger partial charge >= 0.3 is 5.97 Å². The molecule has 2 atom stereocenters. The zero-order valence-electron chi connectivity index (χ0n) is 20.9. The largest absolute Gasteiger partial charge is 0.469 e. The number of aromatic nitrogens is 4. The number of nitrogens with zero attached hydrogens (tertiary/aromatic N) is 6. The number of alkyl halides is 1. The van der Waals surface area contributed by atoms with Gasteiger partial charge in [0.2, 0.25) is 0 Å². The van der Waals surface area contributed by atoms with Crippen molar-refractivity contribution < 1.29 is 18.7 Å². The second-order valence-electron chi connectivity index (χ2n) is 9.20. The fourth-order valence-electron chi connectivity index (χ4n) is 4.73. The number of methoxy groups -OCH3 is 1. The van der Waals surface area contributed by atoms with Crippen LogP contribution < -0.4 is 5.73 Å². The van der Waals surface area contributed by atoms with E-state index < -0.39 is 23.6 Å². The molecule has 3 aromatic rings. The van der Waals surface area contributed by atoms with Crippen LogP contribution in [0.3, 0.4) is 0 Å². The highest BCUT2D eigenvalue weighted by atomic mass is 19.1. The SMILES string of the molecule is CCn1ccc(-c2ccc(CN3CCC(CC#N)(n4cc(C(N)=O)c(CC(=O)OC)n4)C(F)C3)cc2)n1. The Hall–Kier alpha value is -4.04. The maximum atomic E-state index is 15.8. The molecule has 0 aliphatic carbocycles. The summed E-state index contributed by atoms with van der Waals surface area (Å²) in [5, 5.41) is 18.4. The Bertz CT molecular complexity index is 1310. The topological polar surface area (TPSA) is 132 Å². The van der Waals surface area contributed by atoms with Gasteiger partial charge < -0.3 is 10.5 Å². The van der Waals surface area contributed by atoms with Crippen LogP contribution >= 0.6 is 0 Å². The number of aryl methyl sites for hydroxylation is 1. The Morgan fingerprint density at radius 1 is 1.27 bits per heavy atom. The Kier molecular flexibility index (Phi) is 7.69. The van der Waals surface area contributed by atoms with E-state index in [9.17, 15) is 14.9 Å². The summed E-state index contributed by atoms with van der Waals surface area (Å²) in [4.78, 5) is 25.7. The smallest absolute Gasteiger partial charge is 0.311 e. The lowest BCUT2D eigenvalue weighted by atomic mass is 9.83. The minimum atomic E-state index is -1.44. The number of amides is 1. The van der Waals surface area contributed by atoms with Gasteiger partial charge in [0.05, 0.1) is 43.0 Å². The predicted molar refractivity (Wildman–Crippen MR) is 133 cm³/mol. The zero-order chi connectivity index (χ0) is 26.6. The number of esters is 1. The Morgan fingerprint density at radius 2 is 2.03 bits per heavy atom. The molecule has 1 saturated heterocycles. The monoisotopic (exact) mass is 507 g/mol. The van der Waals surface area contributed by atoms with E-state index >= 15 is 4.39 Å². The Balaban J connectivity index is 1.50. The average Bonchev–Trinajstić information content (AvgIpc) is 3.54. The molecule has 11 heteroatoms. The van der Waals surface area contributed by atoms with Crippen LogP contribution in [0.15, 0.2) is 42.7 Å². The number of ether oxygens (including phenoxy) is 1. The zero-order valence-corrected chi connectivity index (χ0v) is 20.9. The van der Waals surface area contributed by atoms with E-state index in [2.05, 4.69) is 21.0 Å². The van der Waals surface area contributed by atoms with E-state index in [1.165, 1.54) is 18.0 Å². The van der Waals surface area contributed by atoms with Crippen molar-refractivity contribution in [3.8, 4) is 17.3 Å². The van der Waals surface area contributed by atoms with Crippen molar-refractivity contribution in [3.63, 3.8) is 0 Å². The molecule has 1 aromatic carbocycles. The number of rotatable bonds is 9. The second kappa shape index (κ2) is 10.9. The molecule has 1 fully saturated rings. The molecule has 2 aromatic heterocycles. The van der Waals surface area contributed by atoms with E-state index in [-0.39, 0.29) is 30.6 Å². The highest BCUT2D eigenvalue weighted by Gasteiger charge is 2.46. The van der Waals surface area contributed by atoms with Crippen molar-refractivity contribution >= 4 is 11.9 Å².